The molecule has 0 aliphatic carbocycles. The highest BCUT2D eigenvalue weighted by Gasteiger charge is 2.45. The third-order valence-electron chi connectivity index (χ3n) is 6.95. The summed E-state index contributed by atoms with van der Waals surface area (Å²) in [6, 6.07) is 17.2. The van der Waals surface area contributed by atoms with Gasteiger partial charge in [-0.3, -0.25) is 4.79 Å². The summed E-state index contributed by atoms with van der Waals surface area (Å²) in [5.74, 6) is -1.32. The van der Waals surface area contributed by atoms with Gasteiger partial charge < -0.3 is 20.0 Å². The van der Waals surface area contributed by atoms with E-state index in [2.05, 4.69) is 9.97 Å². The number of carboxylic acids is 1. The number of rotatable bonds is 8. The number of nitrogens with two attached hydrogens (primary N) is 1. The summed E-state index contributed by atoms with van der Waals surface area (Å²) in [5.41, 5.74) is 9.23. The number of hydrogen-bond donors (Lipinski definition) is 2. The van der Waals surface area contributed by atoms with E-state index in [9.17, 15) is 18.0 Å². The lowest BCUT2D eigenvalue weighted by Crippen LogP contribution is -2.32. The number of halogens is 5. The number of hydrogen-bond acceptors (Lipinski definition) is 7. The molecule has 0 unspecified atom stereocenters. The standard InChI is InChI=1S/C31H21ClF3N3O4S.ClH/c32-18-9-10-20(21(12-18)22-13-41-25-4-2-1-3-19(22)25)28(31(33,34)35)42-29-27-26(37-15-38-29)23(14-43-27)17-7-5-16(6-8-17)11-24(36)30(39)40;/h1-10,12-15,24,28H,11,36H2,(H,39,40);1H/t24-,28+;/m0./s1. The van der Waals surface area contributed by atoms with Crippen LogP contribution >= 0.6 is 35.3 Å². The Kier molecular flexibility index (Phi) is 8.85. The van der Waals surface area contributed by atoms with Gasteiger partial charge in [-0.15, -0.1) is 23.7 Å². The van der Waals surface area contributed by atoms with E-state index < -0.39 is 24.3 Å². The van der Waals surface area contributed by atoms with Crippen LogP contribution in [-0.4, -0.2) is 33.3 Å². The number of ether oxygens (including phenoxy) is 1. The van der Waals surface area contributed by atoms with Gasteiger partial charge in [0.25, 0.3) is 0 Å². The van der Waals surface area contributed by atoms with Gasteiger partial charge in [0, 0.05) is 32.5 Å². The first kappa shape index (κ1) is 31.3. The molecule has 0 spiro atoms. The molecule has 6 aromatic rings. The molecule has 0 bridgehead atoms. The summed E-state index contributed by atoms with van der Waals surface area (Å²) in [6.45, 7) is 0. The van der Waals surface area contributed by atoms with Crippen LogP contribution < -0.4 is 10.5 Å². The second kappa shape index (κ2) is 12.4. The van der Waals surface area contributed by atoms with Gasteiger partial charge in [0.15, 0.2) is 0 Å². The normalized spacial score (nSPS) is 13.0. The smallest absolute Gasteiger partial charge is 0.429 e. The van der Waals surface area contributed by atoms with Crippen molar-refractivity contribution >= 4 is 62.5 Å². The van der Waals surface area contributed by atoms with E-state index in [1.807, 2.05) is 0 Å². The number of thiophene rings is 1. The Morgan fingerprint density at radius 3 is 2.52 bits per heavy atom. The number of alkyl halides is 3. The third kappa shape index (κ3) is 6.09. The zero-order valence-electron chi connectivity index (χ0n) is 22.4. The predicted octanol–water partition coefficient (Wildman–Crippen LogP) is 8.48. The first-order valence-electron chi connectivity index (χ1n) is 12.9. The summed E-state index contributed by atoms with van der Waals surface area (Å²) in [5, 5.41) is 11.7. The molecule has 0 radical (unpaired) electrons. The SMILES string of the molecule is Cl.N[C@@H](Cc1ccc(-c2csc3c(O[C@H](c4ccc(Cl)cc4-c4coc5ccccc45)C(F)(F)F)ncnc23)cc1)C(=O)O. The molecule has 7 nitrogen and oxygen atoms in total. The molecule has 226 valence electrons. The first-order chi connectivity index (χ1) is 20.6. The number of nitrogens with zero attached hydrogens (tertiary/aromatic N) is 2. The van der Waals surface area contributed by atoms with Crippen molar-refractivity contribution in [1.82, 2.24) is 9.97 Å². The second-order valence-corrected chi connectivity index (χ2v) is 11.1. The molecule has 2 atom stereocenters. The first-order valence-corrected chi connectivity index (χ1v) is 14.1. The van der Waals surface area contributed by atoms with Gasteiger partial charge in [0.05, 0.1) is 11.8 Å². The quantitative estimate of drug-likeness (QED) is 0.168. The molecule has 0 amide bonds. The molecule has 0 saturated heterocycles. The number of furan rings is 1. The van der Waals surface area contributed by atoms with E-state index >= 15 is 0 Å². The lowest BCUT2D eigenvalue weighted by molar-refractivity contribution is -0.198. The highest BCUT2D eigenvalue weighted by atomic mass is 35.5. The van der Waals surface area contributed by atoms with Crippen LogP contribution in [0.4, 0.5) is 13.2 Å². The van der Waals surface area contributed by atoms with E-state index in [0.717, 1.165) is 28.8 Å². The van der Waals surface area contributed by atoms with Crippen molar-refractivity contribution in [2.75, 3.05) is 0 Å². The van der Waals surface area contributed by atoms with Crippen LogP contribution in [-0.2, 0) is 11.2 Å². The molecule has 3 N–H and O–H groups in total. The van der Waals surface area contributed by atoms with Gasteiger partial charge in [0.1, 0.15) is 22.7 Å². The van der Waals surface area contributed by atoms with Crippen LogP contribution in [0.15, 0.2) is 89.1 Å². The highest BCUT2D eigenvalue weighted by Crippen LogP contribution is 2.45. The zero-order chi connectivity index (χ0) is 30.3. The molecule has 0 fully saturated rings. The molecule has 13 heteroatoms. The average molecular weight is 661 g/mol. The number of carboxylic acid groups (broad SMARTS) is 1. The van der Waals surface area contributed by atoms with Crippen LogP contribution in [0.2, 0.25) is 5.02 Å². The monoisotopic (exact) mass is 659 g/mol. The Morgan fingerprint density at radius 2 is 1.80 bits per heavy atom. The van der Waals surface area contributed by atoms with E-state index in [4.69, 9.17) is 31.6 Å². The summed E-state index contributed by atoms with van der Waals surface area (Å²) >= 11 is 7.40. The summed E-state index contributed by atoms with van der Waals surface area (Å²) in [4.78, 5) is 19.5. The van der Waals surface area contributed by atoms with Crippen molar-refractivity contribution in [2.24, 2.45) is 5.73 Å². The molecule has 0 aliphatic rings. The fraction of sp³-hybridized carbons (Fsp3) is 0.129. The number of benzene rings is 3. The van der Waals surface area contributed by atoms with Crippen molar-refractivity contribution in [1.29, 1.82) is 0 Å². The second-order valence-electron chi connectivity index (χ2n) is 9.77. The minimum atomic E-state index is -4.81. The largest absolute Gasteiger partial charge is 0.480 e. The molecule has 3 aromatic heterocycles. The predicted molar refractivity (Wildman–Crippen MR) is 165 cm³/mol. The van der Waals surface area contributed by atoms with E-state index in [1.165, 1.54) is 24.5 Å². The van der Waals surface area contributed by atoms with Crippen molar-refractivity contribution < 1.29 is 32.2 Å². The Labute approximate surface area is 263 Å². The number of para-hydroxylation sites is 1. The minimum Gasteiger partial charge on any atom is -0.480 e. The van der Waals surface area contributed by atoms with Gasteiger partial charge in [0.2, 0.25) is 12.0 Å². The van der Waals surface area contributed by atoms with Gasteiger partial charge in [-0.1, -0.05) is 60.1 Å². The molecule has 44 heavy (non-hydrogen) atoms. The lowest BCUT2D eigenvalue weighted by Gasteiger charge is -2.24. The molecule has 3 heterocycles. The Bertz CT molecular complexity index is 1960. The van der Waals surface area contributed by atoms with Gasteiger partial charge >= 0.3 is 12.1 Å². The molecule has 6 rings (SSSR count). The maximum atomic E-state index is 14.7. The Morgan fingerprint density at radius 1 is 1.05 bits per heavy atom. The van der Waals surface area contributed by atoms with Crippen LogP contribution in [0.1, 0.15) is 17.2 Å². The highest BCUT2D eigenvalue weighted by molar-refractivity contribution is 7.18. The zero-order valence-corrected chi connectivity index (χ0v) is 24.8. The Hall–Kier alpha value is -4.16. The molecule has 0 aliphatic heterocycles. The third-order valence-corrected chi connectivity index (χ3v) is 8.15. The number of carbonyl (C=O) groups is 1. The maximum absolute atomic E-state index is 14.7. The fourth-order valence-corrected chi connectivity index (χ4v) is 6.01. The molecule has 3 aromatic carbocycles. The minimum absolute atomic E-state index is 0. The fourth-order valence-electron chi connectivity index (χ4n) is 4.87. The number of aromatic nitrogens is 2. The van der Waals surface area contributed by atoms with Crippen LogP contribution in [0.25, 0.3) is 43.4 Å². The maximum Gasteiger partial charge on any atom is 0.429 e. The van der Waals surface area contributed by atoms with Crippen LogP contribution in [0.5, 0.6) is 5.88 Å². The summed E-state index contributed by atoms with van der Waals surface area (Å²) < 4.78 is 55.8. The molecular weight excluding hydrogens is 638 g/mol. The van der Waals surface area contributed by atoms with Gasteiger partial charge in [-0.25, -0.2) is 9.97 Å². The van der Waals surface area contributed by atoms with E-state index in [0.29, 0.717) is 32.3 Å². The molecular formula is C31H22Cl2F3N3O4S. The van der Waals surface area contributed by atoms with Gasteiger partial charge in [-0.05, 0) is 41.3 Å². The van der Waals surface area contributed by atoms with Crippen molar-refractivity contribution in [3.8, 4) is 28.1 Å². The van der Waals surface area contributed by atoms with Crippen molar-refractivity contribution in [3.63, 3.8) is 0 Å². The van der Waals surface area contributed by atoms with Crippen molar-refractivity contribution in [2.45, 2.75) is 24.7 Å². The number of aliphatic carboxylic acids is 1. The lowest BCUT2D eigenvalue weighted by atomic mass is 9.95. The molecule has 0 saturated carbocycles. The Balaban J connectivity index is 0.00000384. The topological polar surface area (TPSA) is 111 Å². The summed E-state index contributed by atoms with van der Waals surface area (Å²) in [6.07, 6.45) is -4.47. The van der Waals surface area contributed by atoms with Crippen LogP contribution in [0.3, 0.4) is 0 Å². The van der Waals surface area contributed by atoms with E-state index in [1.54, 1.807) is 53.9 Å². The number of fused-ring (bicyclic) bond motifs is 2. The van der Waals surface area contributed by atoms with Crippen molar-refractivity contribution in [3.05, 3.63) is 101 Å². The van der Waals surface area contributed by atoms with E-state index in [-0.39, 0.29) is 40.9 Å². The summed E-state index contributed by atoms with van der Waals surface area (Å²) in [7, 11) is 0. The average Bonchev–Trinajstić information content (AvgIpc) is 3.61. The van der Waals surface area contributed by atoms with Crippen LogP contribution in [0, 0.1) is 0 Å². The van der Waals surface area contributed by atoms with Gasteiger partial charge in [-0.2, -0.15) is 13.2 Å².